The summed E-state index contributed by atoms with van der Waals surface area (Å²) in [6.07, 6.45) is 1.90. The molecule has 1 aliphatic carbocycles. The van der Waals surface area contributed by atoms with Crippen molar-refractivity contribution in [3.8, 4) is 5.69 Å². The maximum absolute atomic E-state index is 13.0. The third kappa shape index (κ3) is 3.08. The summed E-state index contributed by atoms with van der Waals surface area (Å²) in [5.41, 5.74) is 4.34. The van der Waals surface area contributed by atoms with Crippen LogP contribution in [0, 0.1) is 6.92 Å². The number of nitrogens with one attached hydrogen (secondary N) is 1. The zero-order valence-electron chi connectivity index (χ0n) is 16.6. The van der Waals surface area contributed by atoms with Crippen molar-refractivity contribution >= 4 is 16.8 Å². The Labute approximate surface area is 174 Å². The number of benzene rings is 3. The zero-order valence-corrected chi connectivity index (χ0v) is 16.6. The van der Waals surface area contributed by atoms with Crippen molar-refractivity contribution in [3.63, 3.8) is 0 Å². The van der Waals surface area contributed by atoms with Crippen LogP contribution in [0.2, 0.25) is 0 Å². The fraction of sp³-hybridized carbons (Fsp3) is 0.160. The van der Waals surface area contributed by atoms with E-state index >= 15 is 0 Å². The Morgan fingerprint density at radius 1 is 1.00 bits per heavy atom. The van der Waals surface area contributed by atoms with Gasteiger partial charge in [-0.05, 0) is 67.3 Å². The molecule has 5 heteroatoms. The minimum Gasteiger partial charge on any atom is -0.345 e. The van der Waals surface area contributed by atoms with Gasteiger partial charge in [0.2, 0.25) is 0 Å². The van der Waals surface area contributed by atoms with Gasteiger partial charge in [0, 0.05) is 5.56 Å². The van der Waals surface area contributed by atoms with Gasteiger partial charge in [-0.2, -0.15) is 0 Å². The first-order chi connectivity index (χ1) is 14.6. The van der Waals surface area contributed by atoms with E-state index in [9.17, 15) is 9.59 Å². The highest BCUT2D eigenvalue weighted by Crippen LogP contribution is 2.30. The van der Waals surface area contributed by atoms with Gasteiger partial charge in [0.05, 0.1) is 22.6 Å². The maximum Gasteiger partial charge on any atom is 0.265 e. The van der Waals surface area contributed by atoms with Crippen LogP contribution in [0.15, 0.2) is 77.6 Å². The molecule has 0 radical (unpaired) electrons. The van der Waals surface area contributed by atoms with Gasteiger partial charge in [0.15, 0.2) is 0 Å². The number of hydrogen-bond acceptors (Lipinski definition) is 3. The Kier molecular flexibility index (Phi) is 4.43. The summed E-state index contributed by atoms with van der Waals surface area (Å²) < 4.78 is 1.58. The number of carbonyl (C=O) groups is 1. The highest BCUT2D eigenvalue weighted by molar-refractivity contribution is 5.94. The van der Waals surface area contributed by atoms with Gasteiger partial charge in [-0.15, -0.1) is 0 Å². The van der Waals surface area contributed by atoms with Crippen LogP contribution in [0.4, 0.5) is 0 Å². The molecule has 1 aliphatic rings. The van der Waals surface area contributed by atoms with Gasteiger partial charge >= 0.3 is 0 Å². The number of nitrogens with zero attached hydrogens (tertiary/aromatic N) is 2. The van der Waals surface area contributed by atoms with Crippen molar-refractivity contribution < 1.29 is 4.79 Å². The van der Waals surface area contributed by atoms with E-state index in [0.29, 0.717) is 28.0 Å². The molecule has 0 unspecified atom stereocenters. The van der Waals surface area contributed by atoms with E-state index in [1.807, 2.05) is 37.3 Å². The Morgan fingerprint density at radius 3 is 2.57 bits per heavy atom. The molecule has 5 nitrogen and oxygen atoms in total. The molecule has 4 aromatic rings. The molecule has 3 aromatic carbocycles. The van der Waals surface area contributed by atoms with Crippen LogP contribution in [-0.2, 0) is 6.42 Å². The summed E-state index contributed by atoms with van der Waals surface area (Å²) in [6.45, 7) is 1.81. The number of amides is 1. The predicted octanol–water partition coefficient (Wildman–Crippen LogP) is 4.11. The molecule has 0 bridgehead atoms. The second-order valence-electron chi connectivity index (χ2n) is 7.63. The summed E-state index contributed by atoms with van der Waals surface area (Å²) in [6, 6.07) is 22.7. The lowest BCUT2D eigenvalue weighted by Crippen LogP contribution is -2.27. The van der Waals surface area contributed by atoms with Crippen LogP contribution < -0.4 is 10.9 Å². The van der Waals surface area contributed by atoms with Crippen molar-refractivity contribution in [2.45, 2.75) is 25.8 Å². The van der Waals surface area contributed by atoms with Crippen LogP contribution in [0.1, 0.15) is 39.8 Å². The normalized spacial score (nSPS) is 15.2. The second-order valence-corrected chi connectivity index (χ2v) is 7.63. The Bertz CT molecular complexity index is 1320. The fourth-order valence-electron chi connectivity index (χ4n) is 4.26. The third-order valence-electron chi connectivity index (χ3n) is 5.77. The van der Waals surface area contributed by atoms with Crippen LogP contribution in [0.25, 0.3) is 16.6 Å². The molecule has 1 N–H and O–H groups in total. The molecule has 5 rings (SSSR count). The second kappa shape index (κ2) is 7.26. The van der Waals surface area contributed by atoms with E-state index in [1.54, 1.807) is 34.9 Å². The average molecular weight is 395 g/mol. The number of carbonyl (C=O) groups excluding carboxylic acids is 1. The lowest BCUT2D eigenvalue weighted by Gasteiger charge is -2.15. The van der Waals surface area contributed by atoms with E-state index in [4.69, 9.17) is 0 Å². The number of para-hydroxylation sites is 1. The quantitative estimate of drug-likeness (QED) is 0.568. The van der Waals surface area contributed by atoms with E-state index in [0.717, 1.165) is 12.8 Å². The number of hydrogen-bond donors (Lipinski definition) is 1. The molecule has 1 aromatic heterocycles. The van der Waals surface area contributed by atoms with Gasteiger partial charge in [0.25, 0.3) is 11.5 Å². The van der Waals surface area contributed by atoms with Crippen molar-refractivity contribution in [1.82, 2.24) is 14.9 Å². The largest absolute Gasteiger partial charge is 0.345 e. The highest BCUT2D eigenvalue weighted by Gasteiger charge is 2.23. The number of aryl methyl sites for hydroxylation is 2. The Morgan fingerprint density at radius 2 is 1.73 bits per heavy atom. The van der Waals surface area contributed by atoms with Crippen molar-refractivity contribution in [2.75, 3.05) is 0 Å². The van der Waals surface area contributed by atoms with E-state index < -0.39 is 0 Å². The molecule has 0 saturated carbocycles. The standard InChI is InChI=1S/C25H21N3O2/c1-16-26-22-9-5-4-8-21(22)25(30)28(16)19-13-10-18(11-14-19)24(29)27-23-15-12-17-6-2-3-7-20(17)23/h2-11,13-14,23H,12,15H2,1H3,(H,27,29)/t23-/m1/s1. The van der Waals surface area contributed by atoms with Crippen molar-refractivity contribution in [1.29, 1.82) is 0 Å². The van der Waals surface area contributed by atoms with Gasteiger partial charge in [-0.1, -0.05) is 36.4 Å². The minimum atomic E-state index is -0.113. The lowest BCUT2D eigenvalue weighted by atomic mass is 10.1. The van der Waals surface area contributed by atoms with Crippen LogP contribution >= 0.6 is 0 Å². The van der Waals surface area contributed by atoms with Gasteiger partial charge < -0.3 is 5.32 Å². The summed E-state index contributed by atoms with van der Waals surface area (Å²) in [5.74, 6) is 0.502. The molecular formula is C25H21N3O2. The Hall–Kier alpha value is -3.73. The first-order valence-electron chi connectivity index (χ1n) is 10.1. The summed E-state index contributed by atoms with van der Waals surface area (Å²) in [5, 5.41) is 3.71. The first kappa shape index (κ1) is 18.3. The van der Waals surface area contributed by atoms with Gasteiger partial charge in [-0.25, -0.2) is 4.98 Å². The van der Waals surface area contributed by atoms with Crippen LogP contribution in [0.5, 0.6) is 0 Å². The zero-order chi connectivity index (χ0) is 20.7. The molecule has 0 spiro atoms. The summed E-state index contributed by atoms with van der Waals surface area (Å²) in [7, 11) is 0. The monoisotopic (exact) mass is 395 g/mol. The van der Waals surface area contributed by atoms with E-state index in [-0.39, 0.29) is 17.5 Å². The van der Waals surface area contributed by atoms with Crippen molar-refractivity contribution in [3.05, 3.63) is 106 Å². The molecule has 0 aliphatic heterocycles. The average Bonchev–Trinajstić information content (AvgIpc) is 3.17. The van der Waals surface area contributed by atoms with E-state index in [1.165, 1.54) is 11.1 Å². The minimum absolute atomic E-state index is 0.0444. The fourth-order valence-corrected chi connectivity index (χ4v) is 4.26. The molecular weight excluding hydrogens is 374 g/mol. The summed E-state index contributed by atoms with van der Waals surface area (Å²) >= 11 is 0. The molecule has 148 valence electrons. The first-order valence-corrected chi connectivity index (χ1v) is 10.1. The number of rotatable bonds is 3. The molecule has 0 saturated heterocycles. The molecule has 1 atom stereocenters. The molecule has 1 heterocycles. The van der Waals surface area contributed by atoms with Crippen LogP contribution in [0.3, 0.4) is 0 Å². The molecule has 1 amide bonds. The highest BCUT2D eigenvalue weighted by atomic mass is 16.1. The van der Waals surface area contributed by atoms with E-state index in [2.05, 4.69) is 22.4 Å². The topological polar surface area (TPSA) is 64.0 Å². The van der Waals surface area contributed by atoms with Crippen molar-refractivity contribution in [2.24, 2.45) is 0 Å². The third-order valence-corrected chi connectivity index (χ3v) is 5.77. The maximum atomic E-state index is 13.0. The molecule has 0 fully saturated rings. The SMILES string of the molecule is Cc1nc2ccccc2c(=O)n1-c1ccc(C(=O)N[C@@H]2CCc3ccccc32)cc1. The summed E-state index contributed by atoms with van der Waals surface area (Å²) in [4.78, 5) is 30.3. The Balaban J connectivity index is 1.42. The molecule has 30 heavy (non-hydrogen) atoms. The predicted molar refractivity (Wildman–Crippen MR) is 117 cm³/mol. The number of aromatic nitrogens is 2. The van der Waals surface area contributed by atoms with Gasteiger partial charge in [-0.3, -0.25) is 14.2 Å². The lowest BCUT2D eigenvalue weighted by molar-refractivity contribution is 0.0936. The number of fused-ring (bicyclic) bond motifs is 2. The van der Waals surface area contributed by atoms with Crippen LogP contribution in [-0.4, -0.2) is 15.5 Å². The van der Waals surface area contributed by atoms with Gasteiger partial charge in [0.1, 0.15) is 5.82 Å². The smallest absolute Gasteiger partial charge is 0.265 e.